The monoisotopic (exact) mass is 260 g/mol. The average molecular weight is 261 g/mol. The van der Waals surface area contributed by atoms with Gasteiger partial charge in [-0.3, -0.25) is 0 Å². The fourth-order valence-electron chi connectivity index (χ4n) is 2.23. The molecule has 0 radical (unpaired) electrons. The van der Waals surface area contributed by atoms with E-state index in [-0.39, 0.29) is 0 Å². The van der Waals surface area contributed by atoms with Gasteiger partial charge in [-0.15, -0.1) is 5.10 Å². The van der Waals surface area contributed by atoms with Crippen LogP contribution in [0.2, 0.25) is 4.34 Å². The Kier molecular flexibility index (Phi) is 4.13. The van der Waals surface area contributed by atoms with Crippen LogP contribution < -0.4 is 0 Å². The van der Waals surface area contributed by atoms with Gasteiger partial charge in [-0.25, -0.2) is 0 Å². The van der Waals surface area contributed by atoms with Crippen molar-refractivity contribution in [3.05, 3.63) is 10.0 Å². The van der Waals surface area contributed by atoms with Crippen LogP contribution >= 0.6 is 23.1 Å². The van der Waals surface area contributed by atoms with Gasteiger partial charge in [0.05, 0.1) is 0 Å². The van der Waals surface area contributed by atoms with Crippen molar-refractivity contribution in [3.63, 3.8) is 0 Å². The normalized spacial score (nSPS) is 22.1. The van der Waals surface area contributed by atoms with Gasteiger partial charge in [0, 0.05) is 31.2 Å². The maximum atomic E-state index is 5.98. The highest BCUT2D eigenvalue weighted by molar-refractivity contribution is 7.10. The summed E-state index contributed by atoms with van der Waals surface area (Å²) in [5, 5.41) is 4.03. The summed E-state index contributed by atoms with van der Waals surface area (Å²) in [5.74, 6) is 0.778. The highest BCUT2D eigenvalue weighted by Gasteiger charge is 2.21. The van der Waals surface area contributed by atoms with Crippen LogP contribution in [-0.2, 0) is 6.54 Å². The van der Waals surface area contributed by atoms with Crippen LogP contribution in [0.25, 0.3) is 0 Å². The van der Waals surface area contributed by atoms with Crippen LogP contribution in [0, 0.1) is 5.92 Å². The summed E-state index contributed by atoms with van der Waals surface area (Å²) in [6, 6.07) is 0. The lowest BCUT2D eigenvalue weighted by atomic mass is 10.1. The second-order valence-corrected chi connectivity index (χ2v) is 5.96. The number of nitrogens with zero attached hydrogens (tertiary/aromatic N) is 4. The van der Waals surface area contributed by atoms with E-state index in [1.807, 2.05) is 0 Å². The molecule has 1 saturated heterocycles. The molecule has 0 N–H and O–H groups in total. The maximum absolute atomic E-state index is 5.98. The van der Waals surface area contributed by atoms with Gasteiger partial charge in [-0.1, -0.05) is 16.1 Å². The molecule has 1 aromatic heterocycles. The zero-order valence-electron chi connectivity index (χ0n) is 9.69. The fraction of sp³-hybridized carbons (Fsp3) is 0.800. The van der Waals surface area contributed by atoms with E-state index in [1.54, 1.807) is 0 Å². The number of aromatic nitrogens is 2. The van der Waals surface area contributed by atoms with E-state index in [4.69, 9.17) is 11.6 Å². The van der Waals surface area contributed by atoms with Gasteiger partial charge < -0.3 is 9.80 Å². The first kappa shape index (κ1) is 12.2. The first-order chi connectivity index (χ1) is 7.65. The summed E-state index contributed by atoms with van der Waals surface area (Å²) in [6.07, 6.45) is 1.30. The SMILES string of the molecule is CN1CCC(CN(C)Cc2nnsc2Cl)C1. The van der Waals surface area contributed by atoms with Crippen LogP contribution in [0.15, 0.2) is 0 Å². The maximum Gasteiger partial charge on any atom is 0.138 e. The Hall–Kier alpha value is -0.230. The molecule has 0 aliphatic carbocycles. The molecule has 0 saturated carbocycles. The van der Waals surface area contributed by atoms with Crippen LogP contribution in [0.4, 0.5) is 0 Å². The second-order valence-electron chi connectivity index (χ2n) is 4.61. The van der Waals surface area contributed by atoms with Crippen molar-refractivity contribution in [1.82, 2.24) is 19.4 Å². The number of hydrogen-bond donors (Lipinski definition) is 0. The molecule has 1 atom stereocenters. The molecular formula is C10H17ClN4S. The number of likely N-dealkylation sites (tertiary alicyclic amines) is 1. The summed E-state index contributed by atoms with van der Waals surface area (Å²) in [7, 11) is 4.30. The third-order valence-corrected chi connectivity index (χ3v) is 3.97. The van der Waals surface area contributed by atoms with Crippen molar-refractivity contribution in [3.8, 4) is 0 Å². The van der Waals surface area contributed by atoms with E-state index >= 15 is 0 Å². The van der Waals surface area contributed by atoms with Gasteiger partial charge in [0.15, 0.2) is 0 Å². The molecule has 6 heteroatoms. The first-order valence-electron chi connectivity index (χ1n) is 5.49. The zero-order valence-corrected chi connectivity index (χ0v) is 11.3. The summed E-state index contributed by atoms with van der Waals surface area (Å²) in [5.41, 5.74) is 0.903. The summed E-state index contributed by atoms with van der Waals surface area (Å²) in [6.45, 7) is 4.33. The number of rotatable bonds is 4. The van der Waals surface area contributed by atoms with E-state index < -0.39 is 0 Å². The van der Waals surface area contributed by atoms with E-state index in [9.17, 15) is 0 Å². The molecular weight excluding hydrogens is 244 g/mol. The van der Waals surface area contributed by atoms with Crippen molar-refractivity contribution in [2.45, 2.75) is 13.0 Å². The summed E-state index contributed by atoms with van der Waals surface area (Å²) in [4.78, 5) is 4.67. The molecule has 1 aromatic rings. The quantitative estimate of drug-likeness (QED) is 0.823. The van der Waals surface area contributed by atoms with Crippen molar-refractivity contribution in [2.75, 3.05) is 33.7 Å². The molecule has 2 rings (SSSR count). The van der Waals surface area contributed by atoms with Gasteiger partial charge in [0.1, 0.15) is 10.0 Å². The summed E-state index contributed by atoms with van der Waals surface area (Å²) < 4.78 is 4.56. The Morgan fingerprint density at radius 3 is 3.00 bits per heavy atom. The number of halogens is 1. The topological polar surface area (TPSA) is 32.3 Å². The molecule has 0 amide bonds. The Bertz CT molecular complexity index is 343. The Morgan fingerprint density at radius 1 is 1.62 bits per heavy atom. The van der Waals surface area contributed by atoms with Gasteiger partial charge in [0.2, 0.25) is 0 Å². The molecule has 90 valence electrons. The van der Waals surface area contributed by atoms with Crippen molar-refractivity contribution < 1.29 is 0 Å². The predicted octanol–water partition coefficient (Wildman–Crippen LogP) is 1.57. The van der Waals surface area contributed by atoms with Crippen LogP contribution in [-0.4, -0.2) is 53.1 Å². The van der Waals surface area contributed by atoms with E-state index in [1.165, 1.54) is 31.0 Å². The lowest BCUT2D eigenvalue weighted by Crippen LogP contribution is -2.27. The van der Waals surface area contributed by atoms with Crippen LogP contribution in [0.3, 0.4) is 0 Å². The lowest BCUT2D eigenvalue weighted by Gasteiger charge is -2.19. The molecule has 0 aromatic carbocycles. The molecule has 1 fully saturated rings. The lowest BCUT2D eigenvalue weighted by molar-refractivity contribution is 0.264. The largest absolute Gasteiger partial charge is 0.306 e. The highest BCUT2D eigenvalue weighted by atomic mass is 35.5. The predicted molar refractivity (Wildman–Crippen MR) is 66.9 cm³/mol. The molecule has 0 bridgehead atoms. The van der Waals surface area contributed by atoms with Gasteiger partial charge in [0.25, 0.3) is 0 Å². The molecule has 1 unspecified atom stereocenters. The average Bonchev–Trinajstić information content (AvgIpc) is 2.77. The molecule has 4 nitrogen and oxygen atoms in total. The molecule has 1 aliphatic heterocycles. The van der Waals surface area contributed by atoms with Gasteiger partial charge in [-0.2, -0.15) is 0 Å². The Morgan fingerprint density at radius 2 is 2.44 bits per heavy atom. The van der Waals surface area contributed by atoms with Gasteiger partial charge in [-0.05, 0) is 33.0 Å². The Balaban J connectivity index is 1.80. The standard InChI is InChI=1S/C10H17ClN4S/c1-14-4-3-8(5-14)6-15(2)7-9-10(11)16-13-12-9/h8H,3-7H2,1-2H3. The zero-order chi connectivity index (χ0) is 11.5. The van der Waals surface area contributed by atoms with E-state index in [0.717, 1.165) is 29.0 Å². The van der Waals surface area contributed by atoms with Crippen LogP contribution in [0.1, 0.15) is 12.1 Å². The third-order valence-electron chi connectivity index (χ3n) is 2.99. The molecule has 16 heavy (non-hydrogen) atoms. The minimum atomic E-state index is 0.718. The van der Waals surface area contributed by atoms with E-state index in [0.29, 0.717) is 0 Å². The smallest absolute Gasteiger partial charge is 0.138 e. The van der Waals surface area contributed by atoms with Crippen molar-refractivity contribution in [1.29, 1.82) is 0 Å². The number of hydrogen-bond acceptors (Lipinski definition) is 5. The second kappa shape index (κ2) is 5.40. The van der Waals surface area contributed by atoms with E-state index in [2.05, 4.69) is 33.5 Å². The van der Waals surface area contributed by atoms with Crippen molar-refractivity contribution in [2.24, 2.45) is 5.92 Å². The Labute approximate surface area is 105 Å². The molecule has 2 heterocycles. The first-order valence-corrected chi connectivity index (χ1v) is 6.64. The molecule has 0 spiro atoms. The van der Waals surface area contributed by atoms with Gasteiger partial charge >= 0.3 is 0 Å². The van der Waals surface area contributed by atoms with Crippen LogP contribution in [0.5, 0.6) is 0 Å². The third kappa shape index (κ3) is 3.13. The molecule has 1 aliphatic rings. The minimum absolute atomic E-state index is 0.718. The highest BCUT2D eigenvalue weighted by Crippen LogP contribution is 2.20. The fourth-order valence-corrected chi connectivity index (χ4v) is 2.84. The van der Waals surface area contributed by atoms with Crippen molar-refractivity contribution >= 4 is 23.1 Å². The minimum Gasteiger partial charge on any atom is -0.306 e. The summed E-state index contributed by atoms with van der Waals surface area (Å²) >= 11 is 7.24.